The Bertz CT molecular complexity index is 550. The predicted molar refractivity (Wildman–Crippen MR) is 71.4 cm³/mol. The van der Waals surface area contributed by atoms with Gasteiger partial charge in [0.2, 0.25) is 5.91 Å². The Labute approximate surface area is 122 Å². The van der Waals surface area contributed by atoms with Crippen LogP contribution in [0.4, 0.5) is 4.39 Å². The second-order valence-electron chi connectivity index (χ2n) is 3.99. The topological polar surface area (TPSA) is 109 Å². The van der Waals surface area contributed by atoms with Crippen molar-refractivity contribution < 1.29 is 23.9 Å². The summed E-state index contributed by atoms with van der Waals surface area (Å²) in [5, 5.41) is 11.2. The van der Waals surface area contributed by atoms with Crippen molar-refractivity contribution >= 4 is 33.7 Å². The second-order valence-corrected chi connectivity index (χ2v) is 4.85. The van der Waals surface area contributed by atoms with Crippen LogP contribution >= 0.6 is 15.9 Å². The van der Waals surface area contributed by atoms with Gasteiger partial charge in [0, 0.05) is 10.9 Å². The maximum Gasteiger partial charge on any atom is 0.326 e. The summed E-state index contributed by atoms with van der Waals surface area (Å²) in [6.45, 7) is 0. The summed E-state index contributed by atoms with van der Waals surface area (Å²) in [5.41, 5.74) is 5.02. The first kappa shape index (κ1) is 16.1. The highest BCUT2D eigenvalue weighted by Crippen LogP contribution is 2.18. The molecule has 1 atom stereocenters. The molecule has 0 aliphatic heterocycles. The van der Waals surface area contributed by atoms with E-state index in [1.54, 1.807) is 0 Å². The zero-order valence-corrected chi connectivity index (χ0v) is 11.8. The fourth-order valence-electron chi connectivity index (χ4n) is 1.45. The van der Waals surface area contributed by atoms with E-state index < -0.39 is 29.6 Å². The van der Waals surface area contributed by atoms with Crippen LogP contribution in [0.3, 0.4) is 0 Å². The molecular weight excluding hydrogens is 335 g/mol. The van der Waals surface area contributed by atoms with Crippen molar-refractivity contribution in [3.63, 3.8) is 0 Å². The summed E-state index contributed by atoms with van der Waals surface area (Å²) in [6.07, 6.45) is -0.281. The van der Waals surface area contributed by atoms with Crippen LogP contribution in [0.5, 0.6) is 0 Å². The number of primary amides is 1. The van der Waals surface area contributed by atoms with Gasteiger partial charge in [-0.3, -0.25) is 9.59 Å². The lowest BCUT2D eigenvalue weighted by Gasteiger charge is -2.14. The van der Waals surface area contributed by atoms with Crippen molar-refractivity contribution in [1.82, 2.24) is 5.32 Å². The molecule has 8 heteroatoms. The van der Waals surface area contributed by atoms with Crippen molar-refractivity contribution in [2.24, 2.45) is 5.73 Å². The minimum absolute atomic E-state index is 0.0942. The van der Waals surface area contributed by atoms with Crippen LogP contribution in [0, 0.1) is 5.82 Å². The first-order valence-corrected chi connectivity index (χ1v) is 6.37. The third-order valence-electron chi connectivity index (χ3n) is 2.46. The van der Waals surface area contributed by atoms with Crippen molar-refractivity contribution in [2.45, 2.75) is 18.9 Å². The molecule has 0 bridgehead atoms. The molecule has 20 heavy (non-hydrogen) atoms. The smallest absolute Gasteiger partial charge is 0.326 e. The molecule has 0 saturated carbocycles. The van der Waals surface area contributed by atoms with Gasteiger partial charge in [-0.25, -0.2) is 9.18 Å². The molecule has 0 aliphatic carbocycles. The van der Waals surface area contributed by atoms with Crippen molar-refractivity contribution in [3.05, 3.63) is 34.1 Å². The summed E-state index contributed by atoms with van der Waals surface area (Å²) in [5.74, 6) is -3.16. The Morgan fingerprint density at radius 2 is 2.05 bits per heavy atom. The Kier molecular flexibility index (Phi) is 5.63. The van der Waals surface area contributed by atoms with E-state index in [9.17, 15) is 18.8 Å². The van der Waals surface area contributed by atoms with Crippen LogP contribution in [0.15, 0.2) is 22.7 Å². The molecule has 1 aromatic carbocycles. The number of amides is 2. The Morgan fingerprint density at radius 3 is 2.55 bits per heavy atom. The highest BCUT2D eigenvalue weighted by molar-refractivity contribution is 9.10. The third-order valence-corrected chi connectivity index (χ3v) is 3.11. The van der Waals surface area contributed by atoms with Crippen LogP contribution in [0.25, 0.3) is 0 Å². The van der Waals surface area contributed by atoms with Crippen LogP contribution in [0.1, 0.15) is 23.2 Å². The molecule has 2 amide bonds. The molecule has 0 radical (unpaired) electrons. The number of benzene rings is 1. The minimum Gasteiger partial charge on any atom is -0.480 e. The number of aliphatic carboxylic acids is 1. The number of carboxylic acids is 1. The molecule has 0 aliphatic rings. The fourth-order valence-corrected chi connectivity index (χ4v) is 1.98. The highest BCUT2D eigenvalue weighted by Gasteiger charge is 2.22. The van der Waals surface area contributed by atoms with Gasteiger partial charge in [-0.15, -0.1) is 0 Å². The van der Waals surface area contributed by atoms with E-state index in [4.69, 9.17) is 10.8 Å². The first-order chi connectivity index (χ1) is 9.31. The molecule has 0 unspecified atom stereocenters. The molecule has 0 heterocycles. The van der Waals surface area contributed by atoms with E-state index in [0.717, 1.165) is 12.1 Å². The lowest BCUT2D eigenvalue weighted by Crippen LogP contribution is -2.41. The number of halogens is 2. The van der Waals surface area contributed by atoms with Crippen molar-refractivity contribution in [3.8, 4) is 0 Å². The largest absolute Gasteiger partial charge is 0.480 e. The minimum atomic E-state index is -1.28. The zero-order valence-electron chi connectivity index (χ0n) is 10.2. The Morgan fingerprint density at radius 1 is 1.40 bits per heavy atom. The Hall–Kier alpha value is -1.96. The standard InChI is InChI=1S/C12H12BrFN2O4/c13-8-5-6(14)1-2-7(8)11(18)16-9(12(19)20)3-4-10(15)17/h1-2,5,9H,3-4H2,(H2,15,17)(H,16,18)(H,19,20)/t9-/m1/s1. The molecule has 1 aromatic rings. The van der Waals surface area contributed by atoms with E-state index in [-0.39, 0.29) is 22.9 Å². The van der Waals surface area contributed by atoms with E-state index in [2.05, 4.69) is 21.2 Å². The molecular formula is C12H12BrFN2O4. The summed E-state index contributed by atoms with van der Waals surface area (Å²) >= 11 is 3.01. The second kappa shape index (κ2) is 6.99. The zero-order chi connectivity index (χ0) is 15.3. The number of carbonyl (C=O) groups is 3. The summed E-state index contributed by atoms with van der Waals surface area (Å²) in [6, 6.07) is 2.15. The van der Waals surface area contributed by atoms with E-state index in [1.165, 1.54) is 6.07 Å². The summed E-state index contributed by atoms with van der Waals surface area (Å²) < 4.78 is 13.1. The first-order valence-electron chi connectivity index (χ1n) is 5.58. The number of nitrogens with one attached hydrogen (secondary N) is 1. The average Bonchev–Trinajstić information content (AvgIpc) is 2.33. The van der Waals surface area contributed by atoms with E-state index in [0.29, 0.717) is 0 Å². The van der Waals surface area contributed by atoms with E-state index in [1.807, 2.05) is 0 Å². The average molecular weight is 347 g/mol. The molecule has 4 N–H and O–H groups in total. The molecule has 6 nitrogen and oxygen atoms in total. The summed E-state index contributed by atoms with van der Waals surface area (Å²) in [4.78, 5) is 33.5. The van der Waals surface area contributed by atoms with E-state index >= 15 is 0 Å². The number of hydrogen-bond donors (Lipinski definition) is 3. The lowest BCUT2D eigenvalue weighted by molar-refractivity contribution is -0.139. The number of rotatable bonds is 6. The van der Waals surface area contributed by atoms with Gasteiger partial charge in [-0.1, -0.05) is 0 Å². The normalized spacial score (nSPS) is 11.7. The Balaban J connectivity index is 2.80. The monoisotopic (exact) mass is 346 g/mol. The number of carbonyl (C=O) groups excluding carboxylic acids is 2. The van der Waals surface area contributed by atoms with Gasteiger partial charge in [0.15, 0.2) is 0 Å². The number of hydrogen-bond acceptors (Lipinski definition) is 3. The van der Waals surface area contributed by atoms with Crippen LogP contribution < -0.4 is 11.1 Å². The molecule has 1 rings (SSSR count). The van der Waals surface area contributed by atoms with Gasteiger partial charge in [-0.05, 0) is 40.5 Å². The van der Waals surface area contributed by atoms with Gasteiger partial charge in [0.1, 0.15) is 11.9 Å². The van der Waals surface area contributed by atoms with Gasteiger partial charge in [-0.2, -0.15) is 0 Å². The van der Waals surface area contributed by atoms with Crippen LogP contribution in [0.2, 0.25) is 0 Å². The number of carboxylic acid groups (broad SMARTS) is 1. The molecule has 0 aromatic heterocycles. The molecule has 0 saturated heterocycles. The molecule has 108 valence electrons. The quantitative estimate of drug-likeness (QED) is 0.714. The predicted octanol–water partition coefficient (Wildman–Crippen LogP) is 1.04. The molecule has 0 spiro atoms. The maximum absolute atomic E-state index is 12.9. The van der Waals surface area contributed by atoms with Gasteiger partial charge in [0.05, 0.1) is 5.56 Å². The van der Waals surface area contributed by atoms with Crippen molar-refractivity contribution in [2.75, 3.05) is 0 Å². The SMILES string of the molecule is NC(=O)CC[C@@H](NC(=O)c1ccc(F)cc1Br)C(=O)O. The summed E-state index contributed by atoms with van der Waals surface area (Å²) in [7, 11) is 0. The van der Waals surface area contributed by atoms with Crippen LogP contribution in [-0.2, 0) is 9.59 Å². The maximum atomic E-state index is 12.9. The highest BCUT2D eigenvalue weighted by atomic mass is 79.9. The third kappa shape index (κ3) is 4.61. The van der Waals surface area contributed by atoms with Crippen LogP contribution in [-0.4, -0.2) is 28.9 Å². The van der Waals surface area contributed by atoms with Gasteiger partial charge >= 0.3 is 5.97 Å². The lowest BCUT2D eigenvalue weighted by atomic mass is 10.1. The number of nitrogens with two attached hydrogens (primary N) is 1. The molecule has 0 fully saturated rings. The fraction of sp³-hybridized carbons (Fsp3) is 0.250. The van der Waals surface area contributed by atoms with Crippen molar-refractivity contribution in [1.29, 1.82) is 0 Å². The van der Waals surface area contributed by atoms with Gasteiger partial charge in [0.25, 0.3) is 5.91 Å². The van der Waals surface area contributed by atoms with Gasteiger partial charge < -0.3 is 16.2 Å².